The molecule has 1 spiro atoms. The number of amides is 1. The lowest BCUT2D eigenvalue weighted by Crippen LogP contribution is -2.41. The number of nitrogens with zero attached hydrogens (tertiary/aromatic N) is 1. The minimum absolute atomic E-state index is 0.0556. The van der Waals surface area contributed by atoms with Crippen LogP contribution in [-0.4, -0.2) is 30.4 Å². The Balaban J connectivity index is 2.30. The van der Waals surface area contributed by atoms with Crippen molar-refractivity contribution in [3.05, 3.63) is 0 Å². The van der Waals surface area contributed by atoms with E-state index in [0.29, 0.717) is 6.54 Å². The van der Waals surface area contributed by atoms with Crippen LogP contribution in [-0.2, 0) is 4.79 Å². The van der Waals surface area contributed by atoms with Gasteiger partial charge in [0.2, 0.25) is 0 Å². The Kier molecular flexibility index (Phi) is 1.26. The van der Waals surface area contributed by atoms with Crippen LogP contribution in [0.4, 0.5) is 0 Å². The molecule has 2 heterocycles. The summed E-state index contributed by atoms with van der Waals surface area (Å²) in [6.07, 6.45) is 0.830. The van der Waals surface area contributed by atoms with Crippen LogP contribution in [0.15, 0.2) is 4.99 Å². The quantitative estimate of drug-likeness (QED) is 0.482. The second kappa shape index (κ2) is 2.04. The first kappa shape index (κ1) is 6.79. The van der Waals surface area contributed by atoms with Crippen LogP contribution in [0.2, 0.25) is 0 Å². The van der Waals surface area contributed by atoms with Gasteiger partial charge in [0.25, 0.3) is 5.91 Å². The third-order valence-electron chi connectivity index (χ3n) is 2.23. The summed E-state index contributed by atoms with van der Waals surface area (Å²) in [5.41, 5.74) is -0.454. The zero-order chi connectivity index (χ0) is 7.90. The van der Waals surface area contributed by atoms with E-state index in [1.165, 1.54) is 0 Å². The van der Waals surface area contributed by atoms with E-state index in [1.807, 2.05) is 6.92 Å². The largest absolute Gasteiger partial charge is 0.314 e. The molecular formula is C7H11N3O. The second-order valence-electron chi connectivity index (χ2n) is 3.11. The molecule has 1 atom stereocenters. The van der Waals surface area contributed by atoms with Crippen molar-refractivity contribution in [1.82, 2.24) is 10.6 Å². The molecule has 2 rings (SSSR count). The standard InChI is InChI=1S/C7H11N3O/c1-5-9-6(11)7(10-5)2-3-8-4-7/h8H,2-4H2,1H3,(H,9,10,11)/t7-/m0/s1. The monoisotopic (exact) mass is 153 g/mol. The van der Waals surface area contributed by atoms with Gasteiger partial charge in [0.15, 0.2) is 5.54 Å². The molecule has 2 N–H and O–H groups in total. The van der Waals surface area contributed by atoms with Crippen LogP contribution in [0.5, 0.6) is 0 Å². The van der Waals surface area contributed by atoms with E-state index in [4.69, 9.17) is 0 Å². The summed E-state index contributed by atoms with van der Waals surface area (Å²) < 4.78 is 0. The number of rotatable bonds is 0. The fraction of sp³-hybridized carbons (Fsp3) is 0.714. The van der Waals surface area contributed by atoms with E-state index in [9.17, 15) is 4.79 Å². The molecule has 0 aliphatic carbocycles. The summed E-state index contributed by atoms with van der Waals surface area (Å²) in [6, 6.07) is 0. The van der Waals surface area contributed by atoms with Crippen molar-refractivity contribution in [2.45, 2.75) is 18.9 Å². The molecule has 0 radical (unpaired) electrons. The maximum absolute atomic E-state index is 11.3. The van der Waals surface area contributed by atoms with Crippen LogP contribution in [0, 0.1) is 0 Å². The van der Waals surface area contributed by atoms with Crippen molar-refractivity contribution in [1.29, 1.82) is 0 Å². The molecule has 2 aliphatic rings. The number of carbonyl (C=O) groups is 1. The first-order chi connectivity index (χ1) is 5.23. The van der Waals surface area contributed by atoms with Crippen LogP contribution in [0.25, 0.3) is 0 Å². The normalized spacial score (nSPS) is 36.1. The molecule has 0 aromatic carbocycles. The molecule has 11 heavy (non-hydrogen) atoms. The highest BCUT2D eigenvalue weighted by atomic mass is 16.2. The van der Waals surface area contributed by atoms with Gasteiger partial charge >= 0.3 is 0 Å². The molecule has 2 aliphatic heterocycles. The number of amidine groups is 1. The van der Waals surface area contributed by atoms with Gasteiger partial charge in [0.05, 0.1) is 0 Å². The molecule has 1 amide bonds. The lowest BCUT2D eigenvalue weighted by atomic mass is 10.00. The average Bonchev–Trinajstić information content (AvgIpc) is 2.45. The molecule has 1 fully saturated rings. The maximum atomic E-state index is 11.3. The van der Waals surface area contributed by atoms with Gasteiger partial charge in [-0.05, 0) is 19.9 Å². The van der Waals surface area contributed by atoms with Gasteiger partial charge in [-0.3, -0.25) is 9.79 Å². The summed E-state index contributed by atoms with van der Waals surface area (Å²) in [7, 11) is 0. The molecule has 0 aromatic heterocycles. The lowest BCUT2D eigenvalue weighted by molar-refractivity contribution is -0.123. The van der Waals surface area contributed by atoms with Gasteiger partial charge in [-0.25, -0.2) is 0 Å². The van der Waals surface area contributed by atoms with Crippen molar-refractivity contribution in [3.63, 3.8) is 0 Å². The zero-order valence-corrected chi connectivity index (χ0v) is 6.48. The van der Waals surface area contributed by atoms with E-state index in [2.05, 4.69) is 15.6 Å². The molecule has 0 saturated carbocycles. The van der Waals surface area contributed by atoms with E-state index >= 15 is 0 Å². The van der Waals surface area contributed by atoms with Crippen LogP contribution >= 0.6 is 0 Å². The van der Waals surface area contributed by atoms with Gasteiger partial charge < -0.3 is 10.6 Å². The third kappa shape index (κ3) is 0.860. The Morgan fingerprint density at radius 3 is 2.91 bits per heavy atom. The van der Waals surface area contributed by atoms with Gasteiger partial charge in [0.1, 0.15) is 5.84 Å². The highest BCUT2D eigenvalue weighted by Gasteiger charge is 2.44. The van der Waals surface area contributed by atoms with Crippen molar-refractivity contribution >= 4 is 11.7 Å². The Bertz CT molecular complexity index is 228. The minimum atomic E-state index is -0.454. The molecular weight excluding hydrogens is 142 g/mol. The maximum Gasteiger partial charge on any atom is 0.254 e. The van der Waals surface area contributed by atoms with Gasteiger partial charge in [-0.2, -0.15) is 0 Å². The Morgan fingerprint density at radius 1 is 1.64 bits per heavy atom. The highest BCUT2D eigenvalue weighted by molar-refractivity contribution is 6.07. The molecule has 0 unspecified atom stereocenters. The predicted octanol–water partition coefficient (Wildman–Crippen LogP) is -0.733. The van der Waals surface area contributed by atoms with E-state index < -0.39 is 5.54 Å². The van der Waals surface area contributed by atoms with Crippen molar-refractivity contribution in [2.24, 2.45) is 4.99 Å². The topological polar surface area (TPSA) is 53.5 Å². The van der Waals surface area contributed by atoms with Crippen molar-refractivity contribution in [2.75, 3.05) is 13.1 Å². The van der Waals surface area contributed by atoms with E-state index in [1.54, 1.807) is 0 Å². The van der Waals surface area contributed by atoms with Gasteiger partial charge in [0, 0.05) is 6.54 Å². The van der Waals surface area contributed by atoms with Gasteiger partial charge in [-0.1, -0.05) is 0 Å². The molecule has 0 bridgehead atoms. The van der Waals surface area contributed by atoms with E-state index in [-0.39, 0.29) is 5.91 Å². The Hall–Kier alpha value is -0.900. The van der Waals surface area contributed by atoms with Crippen LogP contribution in [0.3, 0.4) is 0 Å². The molecule has 60 valence electrons. The second-order valence-corrected chi connectivity index (χ2v) is 3.11. The SMILES string of the molecule is CC1=N[C@]2(CCNC2)C(=O)N1. The summed E-state index contributed by atoms with van der Waals surface area (Å²) >= 11 is 0. The molecule has 0 aromatic rings. The number of carbonyl (C=O) groups excluding carboxylic acids is 1. The summed E-state index contributed by atoms with van der Waals surface area (Å²) in [4.78, 5) is 15.6. The lowest BCUT2D eigenvalue weighted by Gasteiger charge is -2.13. The Morgan fingerprint density at radius 2 is 2.45 bits per heavy atom. The van der Waals surface area contributed by atoms with E-state index in [0.717, 1.165) is 18.8 Å². The summed E-state index contributed by atoms with van der Waals surface area (Å²) in [6.45, 7) is 3.41. The number of nitrogens with one attached hydrogen (secondary N) is 2. The Labute approximate surface area is 65.1 Å². The number of hydrogen-bond acceptors (Lipinski definition) is 3. The number of hydrogen-bond donors (Lipinski definition) is 2. The van der Waals surface area contributed by atoms with Gasteiger partial charge in [-0.15, -0.1) is 0 Å². The zero-order valence-electron chi connectivity index (χ0n) is 6.48. The smallest absolute Gasteiger partial charge is 0.254 e. The van der Waals surface area contributed by atoms with Crippen molar-refractivity contribution < 1.29 is 4.79 Å². The summed E-state index contributed by atoms with van der Waals surface area (Å²) in [5.74, 6) is 0.804. The van der Waals surface area contributed by atoms with Crippen LogP contribution in [0.1, 0.15) is 13.3 Å². The highest BCUT2D eigenvalue weighted by Crippen LogP contribution is 2.23. The average molecular weight is 153 g/mol. The molecule has 1 saturated heterocycles. The molecule has 4 nitrogen and oxygen atoms in total. The third-order valence-corrected chi connectivity index (χ3v) is 2.23. The molecule has 4 heteroatoms. The fourth-order valence-corrected chi connectivity index (χ4v) is 1.65. The minimum Gasteiger partial charge on any atom is -0.314 e. The predicted molar refractivity (Wildman–Crippen MR) is 41.5 cm³/mol. The first-order valence-corrected chi connectivity index (χ1v) is 3.82. The fourth-order valence-electron chi connectivity index (χ4n) is 1.65. The summed E-state index contributed by atoms with van der Waals surface area (Å²) in [5, 5.41) is 5.86. The van der Waals surface area contributed by atoms with Crippen LogP contribution < -0.4 is 10.6 Å². The first-order valence-electron chi connectivity index (χ1n) is 3.82. The number of aliphatic imine (C=N–C) groups is 1. The van der Waals surface area contributed by atoms with Crippen molar-refractivity contribution in [3.8, 4) is 0 Å².